The van der Waals surface area contributed by atoms with Crippen LogP contribution >= 0.6 is 11.3 Å². The van der Waals surface area contributed by atoms with E-state index in [1.807, 2.05) is 11.7 Å². The summed E-state index contributed by atoms with van der Waals surface area (Å²) in [4.78, 5) is 5.25. The molecular weight excluding hydrogens is 194 g/mol. The van der Waals surface area contributed by atoms with Gasteiger partial charge in [-0.2, -0.15) is 0 Å². The Kier molecular flexibility index (Phi) is 2.91. The Morgan fingerprint density at radius 2 is 2.07 bits per heavy atom. The number of benzene rings is 1. The van der Waals surface area contributed by atoms with Gasteiger partial charge in [0.15, 0.2) is 0 Å². The summed E-state index contributed by atoms with van der Waals surface area (Å²) in [5.74, 6) is 0. The van der Waals surface area contributed by atoms with Crippen LogP contribution in [0.15, 0.2) is 36.0 Å². The van der Waals surface area contributed by atoms with E-state index in [1.165, 1.54) is 16.0 Å². The van der Waals surface area contributed by atoms with Crippen molar-refractivity contribution in [3.05, 3.63) is 41.5 Å². The summed E-state index contributed by atoms with van der Waals surface area (Å²) in [6.07, 6.45) is 1.88. The van der Waals surface area contributed by atoms with Crippen molar-refractivity contribution in [1.29, 1.82) is 0 Å². The molecule has 1 aromatic heterocycles. The van der Waals surface area contributed by atoms with Crippen LogP contribution in [0, 0.1) is 0 Å². The normalized spacial score (nSPS) is 10.4. The van der Waals surface area contributed by atoms with Crippen LogP contribution in [0.1, 0.15) is 5.56 Å². The van der Waals surface area contributed by atoms with Crippen LogP contribution in [0.3, 0.4) is 0 Å². The van der Waals surface area contributed by atoms with Gasteiger partial charge in [-0.1, -0.05) is 24.3 Å². The summed E-state index contributed by atoms with van der Waals surface area (Å²) in [7, 11) is 1.71. The molecule has 0 aliphatic carbocycles. The lowest BCUT2D eigenvalue weighted by atomic mass is 10.1. The number of aromatic nitrogens is 1. The SMILES string of the molecule is COCc1ccc(-c2cncs2)cc1. The van der Waals surface area contributed by atoms with Crippen molar-refractivity contribution >= 4 is 11.3 Å². The predicted molar refractivity (Wildman–Crippen MR) is 58.3 cm³/mol. The lowest BCUT2D eigenvalue weighted by Gasteiger charge is -2.00. The first-order chi connectivity index (χ1) is 6.90. The predicted octanol–water partition coefficient (Wildman–Crippen LogP) is 2.96. The molecule has 0 aliphatic heterocycles. The molecule has 0 saturated carbocycles. The lowest BCUT2D eigenvalue weighted by Crippen LogP contribution is -1.86. The standard InChI is InChI=1S/C11H11NOS/c1-13-7-9-2-4-10(5-3-9)11-6-12-8-14-11/h2-6,8H,7H2,1H3. The van der Waals surface area contributed by atoms with Crippen LogP contribution in [0.25, 0.3) is 10.4 Å². The van der Waals surface area contributed by atoms with Crippen LogP contribution in [0.2, 0.25) is 0 Å². The third-order valence-corrected chi connectivity index (χ3v) is 2.80. The largest absolute Gasteiger partial charge is 0.380 e. The zero-order chi connectivity index (χ0) is 9.80. The molecule has 72 valence electrons. The van der Waals surface area contributed by atoms with Gasteiger partial charge in [-0.05, 0) is 11.1 Å². The Labute approximate surface area is 87.2 Å². The average molecular weight is 205 g/mol. The third-order valence-electron chi connectivity index (χ3n) is 1.98. The molecule has 0 N–H and O–H groups in total. The number of ether oxygens (including phenoxy) is 1. The molecule has 3 heteroatoms. The summed E-state index contributed by atoms with van der Waals surface area (Å²) >= 11 is 1.65. The van der Waals surface area contributed by atoms with Gasteiger partial charge in [0, 0.05) is 13.3 Å². The molecule has 0 unspecified atom stereocenters. The van der Waals surface area contributed by atoms with E-state index in [9.17, 15) is 0 Å². The number of nitrogens with zero attached hydrogens (tertiary/aromatic N) is 1. The fraction of sp³-hybridized carbons (Fsp3) is 0.182. The van der Waals surface area contributed by atoms with E-state index in [2.05, 4.69) is 29.2 Å². The van der Waals surface area contributed by atoms with E-state index in [4.69, 9.17) is 4.74 Å². The summed E-state index contributed by atoms with van der Waals surface area (Å²) in [5, 5.41) is 0. The molecule has 0 bridgehead atoms. The zero-order valence-corrected chi connectivity index (χ0v) is 8.75. The highest BCUT2D eigenvalue weighted by Gasteiger charge is 1.98. The number of methoxy groups -OCH3 is 1. The maximum absolute atomic E-state index is 5.05. The van der Waals surface area contributed by atoms with Crippen molar-refractivity contribution < 1.29 is 4.74 Å². The lowest BCUT2D eigenvalue weighted by molar-refractivity contribution is 0.185. The van der Waals surface area contributed by atoms with Crippen molar-refractivity contribution in [1.82, 2.24) is 4.98 Å². The molecule has 2 aromatic rings. The molecule has 2 rings (SSSR count). The van der Waals surface area contributed by atoms with Crippen LogP contribution in [-0.2, 0) is 11.3 Å². The first kappa shape index (κ1) is 9.37. The van der Waals surface area contributed by atoms with E-state index in [-0.39, 0.29) is 0 Å². The van der Waals surface area contributed by atoms with E-state index < -0.39 is 0 Å². The van der Waals surface area contributed by atoms with Crippen molar-refractivity contribution in [3.63, 3.8) is 0 Å². The summed E-state index contributed by atoms with van der Waals surface area (Å²) in [6.45, 7) is 0.670. The van der Waals surface area contributed by atoms with Gasteiger partial charge >= 0.3 is 0 Å². The molecule has 0 spiro atoms. The summed E-state index contributed by atoms with van der Waals surface area (Å²) < 4.78 is 5.05. The Hall–Kier alpha value is -1.19. The van der Waals surface area contributed by atoms with Gasteiger partial charge in [-0.3, -0.25) is 4.98 Å². The Bertz CT molecular complexity index is 380. The van der Waals surface area contributed by atoms with Crippen molar-refractivity contribution in [2.45, 2.75) is 6.61 Å². The average Bonchev–Trinajstić information content (AvgIpc) is 2.72. The minimum atomic E-state index is 0.670. The Balaban J connectivity index is 2.22. The van der Waals surface area contributed by atoms with Crippen molar-refractivity contribution in [2.24, 2.45) is 0 Å². The van der Waals surface area contributed by atoms with Crippen LogP contribution in [0.5, 0.6) is 0 Å². The topological polar surface area (TPSA) is 22.1 Å². The van der Waals surface area contributed by atoms with E-state index >= 15 is 0 Å². The maximum atomic E-state index is 5.05. The van der Waals surface area contributed by atoms with Gasteiger partial charge < -0.3 is 4.74 Å². The fourth-order valence-corrected chi connectivity index (χ4v) is 1.92. The highest BCUT2D eigenvalue weighted by molar-refractivity contribution is 7.13. The summed E-state index contributed by atoms with van der Waals surface area (Å²) in [5.41, 5.74) is 4.26. The smallest absolute Gasteiger partial charge is 0.0797 e. The quantitative estimate of drug-likeness (QED) is 0.768. The number of thiazole rings is 1. The molecule has 0 aliphatic rings. The number of hydrogen-bond acceptors (Lipinski definition) is 3. The Morgan fingerprint density at radius 1 is 1.29 bits per heavy atom. The van der Waals surface area contributed by atoms with Crippen molar-refractivity contribution in [2.75, 3.05) is 7.11 Å². The van der Waals surface area contributed by atoms with Crippen LogP contribution < -0.4 is 0 Å². The highest BCUT2D eigenvalue weighted by Crippen LogP contribution is 2.23. The van der Waals surface area contributed by atoms with E-state index in [0.717, 1.165) is 0 Å². The van der Waals surface area contributed by atoms with Gasteiger partial charge in [0.25, 0.3) is 0 Å². The molecule has 1 aromatic carbocycles. The zero-order valence-electron chi connectivity index (χ0n) is 7.93. The van der Waals surface area contributed by atoms with Gasteiger partial charge in [0.05, 0.1) is 17.0 Å². The molecule has 0 amide bonds. The van der Waals surface area contributed by atoms with E-state index in [1.54, 1.807) is 18.4 Å². The van der Waals surface area contributed by atoms with Gasteiger partial charge in [0.1, 0.15) is 0 Å². The van der Waals surface area contributed by atoms with Gasteiger partial charge in [0.2, 0.25) is 0 Å². The number of rotatable bonds is 3. The van der Waals surface area contributed by atoms with Crippen molar-refractivity contribution in [3.8, 4) is 10.4 Å². The van der Waals surface area contributed by atoms with Crippen LogP contribution in [0.4, 0.5) is 0 Å². The highest BCUT2D eigenvalue weighted by atomic mass is 32.1. The molecule has 1 heterocycles. The molecule has 0 radical (unpaired) electrons. The van der Waals surface area contributed by atoms with Crippen LogP contribution in [-0.4, -0.2) is 12.1 Å². The summed E-state index contributed by atoms with van der Waals surface area (Å²) in [6, 6.07) is 8.36. The monoisotopic (exact) mass is 205 g/mol. The number of hydrogen-bond donors (Lipinski definition) is 0. The third kappa shape index (κ3) is 2.00. The minimum Gasteiger partial charge on any atom is -0.380 e. The van der Waals surface area contributed by atoms with Gasteiger partial charge in [-0.25, -0.2) is 0 Å². The molecular formula is C11H11NOS. The van der Waals surface area contributed by atoms with E-state index in [0.29, 0.717) is 6.61 Å². The van der Waals surface area contributed by atoms with Gasteiger partial charge in [-0.15, -0.1) is 11.3 Å². The maximum Gasteiger partial charge on any atom is 0.0797 e. The second-order valence-corrected chi connectivity index (χ2v) is 3.88. The first-order valence-electron chi connectivity index (χ1n) is 4.37. The second-order valence-electron chi connectivity index (χ2n) is 3.00. The fourth-order valence-electron chi connectivity index (χ4n) is 1.29. The molecule has 0 saturated heterocycles. The first-order valence-corrected chi connectivity index (χ1v) is 5.25. The molecule has 14 heavy (non-hydrogen) atoms. The molecule has 0 atom stereocenters. The molecule has 0 fully saturated rings. The second kappa shape index (κ2) is 4.35. The Morgan fingerprint density at radius 3 is 2.64 bits per heavy atom. The minimum absolute atomic E-state index is 0.670. The molecule has 2 nitrogen and oxygen atoms in total.